The Morgan fingerprint density at radius 3 is 1.94 bits per heavy atom. The summed E-state index contributed by atoms with van der Waals surface area (Å²) < 4.78 is 0. The van der Waals surface area contributed by atoms with Crippen LogP contribution in [0.4, 0.5) is 0 Å². The Balaban J connectivity index is 0.000000180. The van der Waals surface area contributed by atoms with E-state index in [0.29, 0.717) is 0 Å². The lowest BCUT2D eigenvalue weighted by Crippen LogP contribution is -2.08. The molecule has 0 fully saturated rings. The second-order valence-corrected chi connectivity index (χ2v) is 4.37. The summed E-state index contributed by atoms with van der Waals surface area (Å²) in [6.07, 6.45) is 3.59. The van der Waals surface area contributed by atoms with Crippen LogP contribution in [0.15, 0.2) is 24.5 Å². The van der Waals surface area contributed by atoms with E-state index in [-0.39, 0.29) is 0 Å². The van der Waals surface area contributed by atoms with Crippen LogP contribution in [0, 0.1) is 27.7 Å². The first kappa shape index (κ1) is 14.5. The quantitative estimate of drug-likeness (QED) is 0.635. The van der Waals surface area contributed by atoms with Gasteiger partial charge in [-0.25, -0.2) is 0 Å². The Morgan fingerprint density at radius 1 is 0.833 bits per heavy atom. The molecule has 0 aliphatic heterocycles. The van der Waals surface area contributed by atoms with Crippen LogP contribution in [0.25, 0.3) is 0 Å². The number of nitrogens with zero attached hydrogens (tertiary/aromatic N) is 2. The molecule has 2 nitrogen and oxygen atoms in total. The van der Waals surface area contributed by atoms with Crippen LogP contribution in [-0.4, -0.2) is 25.7 Å². The van der Waals surface area contributed by atoms with Gasteiger partial charge >= 0.3 is 0 Å². The summed E-state index contributed by atoms with van der Waals surface area (Å²) in [4.78, 5) is 8.11. The van der Waals surface area contributed by atoms with E-state index in [0.717, 1.165) is 33.4 Å². The second-order valence-electron chi connectivity index (χ2n) is 4.37. The van der Waals surface area contributed by atoms with Gasteiger partial charge in [-0.1, -0.05) is 17.0 Å². The maximum Gasteiger partial charge on any atom is 0.116 e. The van der Waals surface area contributed by atoms with Gasteiger partial charge in [-0.3, -0.25) is 9.97 Å². The standard InChI is InChI=1S/2C7H8BN/c1-5-4-9-6(2)3-7(5)8;1-5-3-7(8)6(2)9-4-5/h2*3-4H,1-2H3. The summed E-state index contributed by atoms with van der Waals surface area (Å²) in [6, 6.07) is 3.79. The van der Waals surface area contributed by atoms with Crippen molar-refractivity contribution in [3.05, 3.63) is 47.0 Å². The molecule has 4 radical (unpaired) electrons. The number of rotatable bonds is 0. The molecule has 2 aromatic heterocycles. The second kappa shape index (κ2) is 6.39. The zero-order chi connectivity index (χ0) is 13.7. The minimum atomic E-state index is 0.773. The van der Waals surface area contributed by atoms with Crippen molar-refractivity contribution < 1.29 is 0 Å². The predicted octanol–water partition coefficient (Wildman–Crippen LogP) is 0.984. The van der Waals surface area contributed by atoms with E-state index < -0.39 is 0 Å². The third-order valence-electron chi connectivity index (χ3n) is 2.54. The Hall–Kier alpha value is -1.57. The highest BCUT2D eigenvalue weighted by molar-refractivity contribution is 6.33. The topological polar surface area (TPSA) is 25.8 Å². The van der Waals surface area contributed by atoms with E-state index in [9.17, 15) is 0 Å². The maximum atomic E-state index is 5.58. The largest absolute Gasteiger partial charge is 0.262 e. The molecule has 18 heavy (non-hydrogen) atoms. The van der Waals surface area contributed by atoms with E-state index in [1.54, 1.807) is 6.20 Å². The van der Waals surface area contributed by atoms with Crippen LogP contribution < -0.4 is 10.9 Å². The van der Waals surface area contributed by atoms with Gasteiger partial charge in [0.25, 0.3) is 0 Å². The summed E-state index contributed by atoms with van der Waals surface area (Å²) in [5, 5.41) is 0. The molecular weight excluding hydrogens is 218 g/mol. The molecule has 0 aliphatic carbocycles. The molecule has 0 aromatic carbocycles. The minimum Gasteiger partial charge on any atom is -0.262 e. The van der Waals surface area contributed by atoms with E-state index in [2.05, 4.69) is 9.97 Å². The van der Waals surface area contributed by atoms with Crippen molar-refractivity contribution in [1.82, 2.24) is 9.97 Å². The highest BCUT2D eigenvalue weighted by Gasteiger charge is 1.90. The highest BCUT2D eigenvalue weighted by Crippen LogP contribution is 1.92. The first-order chi connectivity index (χ1) is 8.40. The molecule has 0 amide bonds. The van der Waals surface area contributed by atoms with Gasteiger partial charge in [0.05, 0.1) is 0 Å². The van der Waals surface area contributed by atoms with Gasteiger partial charge in [-0.2, -0.15) is 0 Å². The van der Waals surface area contributed by atoms with Gasteiger partial charge in [0.1, 0.15) is 15.7 Å². The number of hydrogen-bond acceptors (Lipinski definition) is 2. The third kappa shape index (κ3) is 4.36. The van der Waals surface area contributed by atoms with Crippen molar-refractivity contribution in [3.8, 4) is 0 Å². The molecular formula is C14H16B2N2. The SMILES string of the molecule is [B]c1cc(C)cnc1C.[B]c1cc(C)ncc1C. The molecule has 2 rings (SSSR count). The number of aryl methyl sites for hydroxylation is 4. The van der Waals surface area contributed by atoms with Gasteiger partial charge in [-0.05, 0) is 44.9 Å². The minimum absolute atomic E-state index is 0.773. The average Bonchev–Trinajstić information content (AvgIpc) is 2.30. The van der Waals surface area contributed by atoms with Gasteiger partial charge in [-0.15, -0.1) is 0 Å². The van der Waals surface area contributed by atoms with Gasteiger partial charge in [0.15, 0.2) is 0 Å². The van der Waals surface area contributed by atoms with Crippen LogP contribution in [0.1, 0.15) is 22.5 Å². The van der Waals surface area contributed by atoms with Crippen molar-refractivity contribution >= 4 is 26.6 Å². The predicted molar refractivity (Wildman–Crippen MR) is 78.2 cm³/mol. The summed E-state index contributed by atoms with van der Waals surface area (Å²) >= 11 is 0. The van der Waals surface area contributed by atoms with Crippen molar-refractivity contribution in [2.24, 2.45) is 0 Å². The molecule has 2 heterocycles. The molecule has 0 saturated heterocycles. The summed E-state index contributed by atoms with van der Waals surface area (Å²) in [7, 11) is 11.1. The van der Waals surface area contributed by atoms with Gasteiger partial charge < -0.3 is 0 Å². The maximum absolute atomic E-state index is 5.58. The van der Waals surface area contributed by atoms with Crippen LogP contribution in [-0.2, 0) is 0 Å². The molecule has 0 unspecified atom stereocenters. The Bertz CT molecular complexity index is 490. The number of aromatic nitrogens is 2. The Kier molecular flexibility index (Phi) is 5.14. The summed E-state index contributed by atoms with van der Waals surface area (Å²) in [5.41, 5.74) is 5.62. The molecule has 0 saturated carbocycles. The monoisotopic (exact) mass is 234 g/mol. The fourth-order valence-electron chi connectivity index (χ4n) is 1.31. The lowest BCUT2D eigenvalue weighted by molar-refractivity contribution is 1.18. The van der Waals surface area contributed by atoms with Crippen molar-refractivity contribution in [2.45, 2.75) is 27.7 Å². The molecule has 0 spiro atoms. The molecule has 2 aromatic rings. The van der Waals surface area contributed by atoms with Crippen molar-refractivity contribution in [3.63, 3.8) is 0 Å². The van der Waals surface area contributed by atoms with E-state index in [1.165, 1.54) is 0 Å². The van der Waals surface area contributed by atoms with E-state index >= 15 is 0 Å². The lowest BCUT2D eigenvalue weighted by atomic mass is 9.92. The van der Waals surface area contributed by atoms with Gasteiger partial charge in [0.2, 0.25) is 0 Å². The van der Waals surface area contributed by atoms with Crippen LogP contribution in [0.3, 0.4) is 0 Å². The molecule has 88 valence electrons. The normalized spacial score (nSPS) is 9.56. The third-order valence-corrected chi connectivity index (χ3v) is 2.54. The lowest BCUT2D eigenvalue weighted by Gasteiger charge is -1.98. The Labute approximate surface area is 112 Å². The number of hydrogen-bond donors (Lipinski definition) is 0. The summed E-state index contributed by atoms with van der Waals surface area (Å²) in [6.45, 7) is 7.75. The fraction of sp³-hybridized carbons (Fsp3) is 0.286. The fourth-order valence-corrected chi connectivity index (χ4v) is 1.31. The van der Waals surface area contributed by atoms with E-state index in [4.69, 9.17) is 15.7 Å². The average molecular weight is 234 g/mol. The van der Waals surface area contributed by atoms with E-state index in [1.807, 2.05) is 46.0 Å². The molecule has 0 aliphatic rings. The number of pyridine rings is 2. The molecule has 0 bridgehead atoms. The van der Waals surface area contributed by atoms with Crippen LogP contribution >= 0.6 is 0 Å². The van der Waals surface area contributed by atoms with Gasteiger partial charge in [0, 0.05) is 23.8 Å². The first-order valence-corrected chi connectivity index (χ1v) is 5.77. The van der Waals surface area contributed by atoms with Crippen molar-refractivity contribution in [1.29, 1.82) is 0 Å². The van der Waals surface area contributed by atoms with Crippen molar-refractivity contribution in [2.75, 3.05) is 0 Å². The zero-order valence-corrected chi connectivity index (χ0v) is 11.4. The zero-order valence-electron chi connectivity index (χ0n) is 11.4. The first-order valence-electron chi connectivity index (χ1n) is 5.77. The van der Waals surface area contributed by atoms with Crippen LogP contribution in [0.2, 0.25) is 0 Å². The molecule has 4 heteroatoms. The molecule has 0 N–H and O–H groups in total. The van der Waals surface area contributed by atoms with Crippen LogP contribution in [0.5, 0.6) is 0 Å². The Morgan fingerprint density at radius 2 is 1.50 bits per heavy atom. The summed E-state index contributed by atoms with van der Waals surface area (Å²) in [5.74, 6) is 0. The highest BCUT2D eigenvalue weighted by atomic mass is 14.7. The molecule has 0 atom stereocenters. The smallest absolute Gasteiger partial charge is 0.116 e.